The van der Waals surface area contributed by atoms with Crippen LogP contribution in [-0.4, -0.2) is 35.9 Å². The molecule has 116 valence electrons. The van der Waals surface area contributed by atoms with Crippen molar-refractivity contribution in [1.82, 2.24) is 9.78 Å². The average molecular weight is 306 g/mol. The molecule has 0 fully saturated rings. The van der Waals surface area contributed by atoms with Crippen LogP contribution in [0.1, 0.15) is 11.3 Å². The van der Waals surface area contributed by atoms with Crippen molar-refractivity contribution in [2.75, 3.05) is 14.2 Å². The normalized spacial score (nSPS) is 15.4. The molecule has 2 heterocycles. The predicted octanol–water partition coefficient (Wildman–Crippen LogP) is -0.601. The number of carbonyl (C=O) groups excluding carboxylic acids is 2. The summed E-state index contributed by atoms with van der Waals surface area (Å²) in [5, 5.41) is 13.5. The largest absolute Gasteiger partial charge is 0.468 e. The average Bonchev–Trinajstić information content (AvgIpc) is 2.78. The zero-order valence-electron chi connectivity index (χ0n) is 12.5. The molecule has 0 aliphatic carbocycles. The van der Waals surface area contributed by atoms with Gasteiger partial charge in [-0.05, 0) is 6.92 Å². The van der Waals surface area contributed by atoms with Gasteiger partial charge in [-0.2, -0.15) is 10.4 Å². The molecule has 1 aliphatic heterocycles. The van der Waals surface area contributed by atoms with Crippen LogP contribution in [0, 0.1) is 18.3 Å². The Morgan fingerprint density at radius 2 is 1.91 bits per heavy atom. The standard InChI is InChI=1S/C13H14N4O5/c1-6-8-10(17(2)16-6)22-9(15)7(5-14)13(8,11(18)20-3)12(19)21-4/h15H2,1-4H3. The highest BCUT2D eigenvalue weighted by Gasteiger charge is 2.61. The summed E-state index contributed by atoms with van der Waals surface area (Å²) in [6.45, 7) is 1.57. The molecule has 0 radical (unpaired) electrons. The Hall–Kier alpha value is -3.02. The van der Waals surface area contributed by atoms with E-state index in [0.29, 0.717) is 5.69 Å². The van der Waals surface area contributed by atoms with Crippen LogP contribution in [0.5, 0.6) is 5.88 Å². The van der Waals surface area contributed by atoms with E-state index in [1.54, 1.807) is 20.0 Å². The SMILES string of the molecule is COC(=O)C1(C(=O)OC)C(C#N)=C(N)Oc2c1c(C)nn2C. The molecule has 1 aromatic rings. The number of nitrogens with two attached hydrogens (primary N) is 1. The molecule has 9 nitrogen and oxygen atoms in total. The maximum Gasteiger partial charge on any atom is 0.333 e. The number of ether oxygens (including phenoxy) is 3. The number of aromatic nitrogens is 2. The molecule has 0 aromatic carbocycles. The van der Waals surface area contributed by atoms with Gasteiger partial charge in [-0.15, -0.1) is 0 Å². The Bertz CT molecular complexity index is 724. The lowest BCUT2D eigenvalue weighted by molar-refractivity contribution is -0.160. The zero-order chi connectivity index (χ0) is 16.7. The lowest BCUT2D eigenvalue weighted by Gasteiger charge is -2.31. The summed E-state index contributed by atoms with van der Waals surface area (Å²) in [5.41, 5.74) is 3.57. The molecule has 1 aromatic heterocycles. The second-order valence-electron chi connectivity index (χ2n) is 4.58. The molecule has 0 saturated heterocycles. The summed E-state index contributed by atoms with van der Waals surface area (Å²) in [7, 11) is 3.74. The van der Waals surface area contributed by atoms with E-state index in [9.17, 15) is 14.9 Å². The van der Waals surface area contributed by atoms with Crippen LogP contribution in [0.25, 0.3) is 0 Å². The smallest absolute Gasteiger partial charge is 0.333 e. The van der Waals surface area contributed by atoms with Gasteiger partial charge in [0, 0.05) is 7.05 Å². The van der Waals surface area contributed by atoms with Crippen molar-refractivity contribution < 1.29 is 23.8 Å². The fraction of sp³-hybridized carbons (Fsp3) is 0.385. The van der Waals surface area contributed by atoms with Gasteiger partial charge in [0.15, 0.2) is 0 Å². The summed E-state index contributed by atoms with van der Waals surface area (Å²) < 4.78 is 16.2. The minimum atomic E-state index is -2.16. The number of aryl methyl sites for hydroxylation is 2. The first-order valence-corrected chi connectivity index (χ1v) is 6.15. The lowest BCUT2D eigenvalue weighted by Crippen LogP contribution is -2.50. The van der Waals surface area contributed by atoms with Crippen LogP contribution in [0.15, 0.2) is 11.5 Å². The molecule has 2 rings (SSSR count). The van der Waals surface area contributed by atoms with E-state index >= 15 is 0 Å². The van der Waals surface area contributed by atoms with Gasteiger partial charge in [0.1, 0.15) is 11.6 Å². The maximum atomic E-state index is 12.5. The van der Waals surface area contributed by atoms with Gasteiger partial charge in [0.2, 0.25) is 17.2 Å². The van der Waals surface area contributed by atoms with Crippen molar-refractivity contribution in [3.8, 4) is 11.9 Å². The highest BCUT2D eigenvalue weighted by molar-refractivity contribution is 6.12. The van der Waals surface area contributed by atoms with Crippen LogP contribution < -0.4 is 10.5 Å². The van der Waals surface area contributed by atoms with Gasteiger partial charge in [-0.1, -0.05) is 0 Å². The Balaban J connectivity index is 2.98. The molecule has 0 spiro atoms. The third-order valence-electron chi connectivity index (χ3n) is 3.47. The number of methoxy groups -OCH3 is 2. The summed E-state index contributed by atoms with van der Waals surface area (Å²) in [4.78, 5) is 24.9. The molecule has 1 aliphatic rings. The summed E-state index contributed by atoms with van der Waals surface area (Å²) in [6.07, 6.45) is 0. The number of nitrogens with zero attached hydrogens (tertiary/aromatic N) is 3. The molecule has 0 unspecified atom stereocenters. The lowest BCUT2D eigenvalue weighted by atomic mass is 9.73. The Labute approximate surface area is 125 Å². The first-order valence-electron chi connectivity index (χ1n) is 6.15. The number of nitriles is 1. The van der Waals surface area contributed by atoms with E-state index in [4.69, 9.17) is 19.9 Å². The molecule has 0 bridgehead atoms. The highest BCUT2D eigenvalue weighted by Crippen LogP contribution is 2.46. The maximum absolute atomic E-state index is 12.5. The van der Waals surface area contributed by atoms with Crippen molar-refractivity contribution in [2.24, 2.45) is 12.8 Å². The van der Waals surface area contributed by atoms with E-state index in [1.165, 1.54) is 4.68 Å². The van der Waals surface area contributed by atoms with Crippen molar-refractivity contribution in [1.29, 1.82) is 5.26 Å². The van der Waals surface area contributed by atoms with Gasteiger partial charge in [0.05, 0.1) is 25.5 Å². The summed E-state index contributed by atoms with van der Waals surface area (Å²) >= 11 is 0. The minimum Gasteiger partial charge on any atom is -0.468 e. The van der Waals surface area contributed by atoms with Gasteiger partial charge in [-0.3, -0.25) is 9.59 Å². The van der Waals surface area contributed by atoms with Crippen molar-refractivity contribution in [3.05, 3.63) is 22.7 Å². The second-order valence-corrected chi connectivity index (χ2v) is 4.58. The van der Waals surface area contributed by atoms with Crippen LogP contribution in [-0.2, 0) is 31.5 Å². The first-order chi connectivity index (χ1) is 10.4. The molecule has 0 amide bonds. The van der Waals surface area contributed by atoms with E-state index in [2.05, 4.69) is 5.10 Å². The highest BCUT2D eigenvalue weighted by atomic mass is 16.5. The van der Waals surface area contributed by atoms with Crippen molar-refractivity contribution >= 4 is 11.9 Å². The van der Waals surface area contributed by atoms with Crippen molar-refractivity contribution in [3.63, 3.8) is 0 Å². The molecular formula is C13H14N4O5. The minimum absolute atomic E-state index is 0.0739. The first kappa shape index (κ1) is 15.4. The predicted molar refractivity (Wildman–Crippen MR) is 71.1 cm³/mol. The third-order valence-corrected chi connectivity index (χ3v) is 3.47. The topological polar surface area (TPSA) is 129 Å². The number of fused-ring (bicyclic) bond motifs is 1. The fourth-order valence-electron chi connectivity index (χ4n) is 2.59. The van der Waals surface area contributed by atoms with Gasteiger partial charge >= 0.3 is 11.9 Å². The Kier molecular flexibility index (Phi) is 3.54. The summed E-state index contributed by atoms with van der Waals surface area (Å²) in [5.74, 6) is -2.31. The van der Waals surface area contributed by atoms with E-state index in [1.807, 2.05) is 0 Å². The Morgan fingerprint density at radius 1 is 1.36 bits per heavy atom. The molecule has 9 heteroatoms. The Morgan fingerprint density at radius 3 is 2.36 bits per heavy atom. The van der Waals surface area contributed by atoms with E-state index < -0.39 is 22.9 Å². The third kappa shape index (κ3) is 1.67. The zero-order valence-corrected chi connectivity index (χ0v) is 12.5. The monoisotopic (exact) mass is 306 g/mol. The van der Waals surface area contributed by atoms with Crippen molar-refractivity contribution in [2.45, 2.75) is 12.3 Å². The quantitative estimate of drug-likeness (QED) is 0.566. The number of rotatable bonds is 2. The number of hydrogen-bond acceptors (Lipinski definition) is 8. The van der Waals surface area contributed by atoms with Crippen LogP contribution in [0.3, 0.4) is 0 Å². The van der Waals surface area contributed by atoms with Gasteiger partial charge in [0.25, 0.3) is 0 Å². The fourth-order valence-corrected chi connectivity index (χ4v) is 2.59. The number of esters is 2. The summed E-state index contributed by atoms with van der Waals surface area (Å²) in [6, 6.07) is 1.74. The molecule has 22 heavy (non-hydrogen) atoms. The molecular weight excluding hydrogens is 292 g/mol. The van der Waals surface area contributed by atoms with Gasteiger partial charge < -0.3 is 19.9 Å². The second kappa shape index (κ2) is 5.07. The van der Waals surface area contributed by atoms with E-state index in [-0.39, 0.29) is 17.3 Å². The molecule has 0 saturated carbocycles. The molecule has 2 N–H and O–H groups in total. The number of carbonyl (C=O) groups is 2. The van der Waals surface area contributed by atoms with Crippen LogP contribution in [0.2, 0.25) is 0 Å². The van der Waals surface area contributed by atoms with E-state index in [0.717, 1.165) is 14.2 Å². The van der Waals surface area contributed by atoms with Crippen LogP contribution in [0.4, 0.5) is 0 Å². The van der Waals surface area contributed by atoms with Gasteiger partial charge in [-0.25, -0.2) is 4.68 Å². The molecule has 0 atom stereocenters. The van der Waals surface area contributed by atoms with Crippen LogP contribution >= 0.6 is 0 Å². The number of hydrogen-bond donors (Lipinski definition) is 1.